The third-order valence-electron chi connectivity index (χ3n) is 7.71. The van der Waals surface area contributed by atoms with Crippen molar-refractivity contribution in [1.29, 1.82) is 0 Å². The van der Waals surface area contributed by atoms with E-state index in [2.05, 4.69) is 13.8 Å². The van der Waals surface area contributed by atoms with E-state index in [0.29, 0.717) is 13.0 Å². The molecule has 0 aliphatic carbocycles. The molecule has 2 atom stereocenters. The Bertz CT molecular complexity index is 454. The second-order valence-electron chi connectivity index (χ2n) is 11.4. The number of aliphatic hydroxyl groups excluding tert-OH is 2. The topological polar surface area (TPSA) is 66.8 Å². The number of carbonyl (C=O) groups excluding carboxylic acids is 1. The molecule has 2 N–H and O–H groups in total. The lowest BCUT2D eigenvalue weighted by Gasteiger charge is -2.19. The first kappa shape index (κ1) is 36.5. The van der Waals surface area contributed by atoms with Crippen molar-refractivity contribution < 1.29 is 19.7 Å². The van der Waals surface area contributed by atoms with Gasteiger partial charge in [0.25, 0.3) is 0 Å². The lowest BCUT2D eigenvalue weighted by molar-refractivity contribution is -0.141. The fourth-order valence-electron chi connectivity index (χ4n) is 5.13. The van der Waals surface area contributed by atoms with E-state index in [1.165, 1.54) is 135 Å². The Morgan fingerprint density at radius 2 is 0.865 bits per heavy atom. The van der Waals surface area contributed by atoms with Crippen LogP contribution in [0.5, 0.6) is 0 Å². The van der Waals surface area contributed by atoms with Gasteiger partial charge in [0.2, 0.25) is 0 Å². The van der Waals surface area contributed by atoms with Crippen LogP contribution in [-0.2, 0) is 9.53 Å². The Morgan fingerprint density at radius 3 is 1.22 bits per heavy atom. The van der Waals surface area contributed by atoms with Crippen LogP contribution in [-0.4, -0.2) is 41.4 Å². The minimum Gasteiger partial charge on any atom is -0.393 e. The highest BCUT2D eigenvalue weighted by atomic mass is 16.5. The number of Topliss-reactive ketones (excluding diaryl/α,β-unsaturated/α-hetero) is 1. The van der Waals surface area contributed by atoms with Crippen LogP contribution in [0.3, 0.4) is 0 Å². The summed E-state index contributed by atoms with van der Waals surface area (Å²) in [5, 5.41) is 18.9. The molecular formula is C33H66O4. The van der Waals surface area contributed by atoms with Gasteiger partial charge in [0.05, 0.1) is 6.61 Å². The van der Waals surface area contributed by atoms with E-state index < -0.39 is 18.8 Å². The molecule has 4 heteroatoms. The van der Waals surface area contributed by atoms with Gasteiger partial charge >= 0.3 is 0 Å². The molecule has 0 aromatic carbocycles. The molecule has 0 rings (SSSR count). The summed E-state index contributed by atoms with van der Waals surface area (Å²) in [6.07, 6.45) is 31.5. The molecule has 0 aromatic rings. The molecule has 37 heavy (non-hydrogen) atoms. The van der Waals surface area contributed by atoms with Gasteiger partial charge in [-0.25, -0.2) is 0 Å². The molecule has 0 bridgehead atoms. The van der Waals surface area contributed by atoms with E-state index in [-0.39, 0.29) is 5.78 Å². The first-order valence-electron chi connectivity index (χ1n) is 16.6. The smallest absolute Gasteiger partial charge is 0.192 e. The van der Waals surface area contributed by atoms with Crippen molar-refractivity contribution in [3.05, 3.63) is 0 Å². The Labute approximate surface area is 231 Å². The zero-order valence-electron chi connectivity index (χ0n) is 25.2. The molecular weight excluding hydrogens is 460 g/mol. The van der Waals surface area contributed by atoms with Crippen LogP contribution < -0.4 is 0 Å². The fraction of sp³-hybridized carbons (Fsp3) is 0.970. The maximum Gasteiger partial charge on any atom is 0.192 e. The Balaban J connectivity index is 3.61. The van der Waals surface area contributed by atoms with E-state index in [4.69, 9.17) is 9.84 Å². The second-order valence-corrected chi connectivity index (χ2v) is 11.4. The summed E-state index contributed by atoms with van der Waals surface area (Å²) in [7, 11) is 0. The predicted octanol–water partition coefficient (Wildman–Crippen LogP) is 9.48. The summed E-state index contributed by atoms with van der Waals surface area (Å²) in [6, 6.07) is 0. The van der Waals surface area contributed by atoms with Crippen LogP contribution >= 0.6 is 0 Å². The van der Waals surface area contributed by atoms with Crippen molar-refractivity contribution in [3.8, 4) is 0 Å². The van der Waals surface area contributed by atoms with Gasteiger partial charge in [0.15, 0.2) is 5.78 Å². The normalized spacial score (nSPS) is 13.2. The fourth-order valence-corrected chi connectivity index (χ4v) is 5.13. The van der Waals surface area contributed by atoms with E-state index in [1.54, 1.807) is 0 Å². The van der Waals surface area contributed by atoms with Gasteiger partial charge < -0.3 is 14.9 Å². The van der Waals surface area contributed by atoms with Gasteiger partial charge in [0, 0.05) is 6.61 Å². The lowest BCUT2D eigenvalue weighted by Crippen LogP contribution is -2.36. The number of ketones is 1. The monoisotopic (exact) mass is 526 g/mol. The van der Waals surface area contributed by atoms with Crippen molar-refractivity contribution in [2.45, 2.75) is 193 Å². The van der Waals surface area contributed by atoms with Crippen LogP contribution in [0.1, 0.15) is 181 Å². The first-order chi connectivity index (χ1) is 18.2. The summed E-state index contributed by atoms with van der Waals surface area (Å²) >= 11 is 0. The van der Waals surface area contributed by atoms with Gasteiger partial charge in [-0.15, -0.1) is 0 Å². The van der Waals surface area contributed by atoms with E-state index >= 15 is 0 Å². The van der Waals surface area contributed by atoms with Crippen LogP contribution in [0.25, 0.3) is 0 Å². The maximum atomic E-state index is 12.4. The van der Waals surface area contributed by atoms with E-state index in [9.17, 15) is 9.90 Å². The van der Waals surface area contributed by atoms with Gasteiger partial charge in [-0.05, 0) is 12.8 Å². The third kappa shape index (κ3) is 25.6. The summed E-state index contributed by atoms with van der Waals surface area (Å²) in [5.41, 5.74) is 0. The number of aliphatic hydroxyl groups is 2. The molecule has 0 amide bonds. The minimum absolute atomic E-state index is 0.351. The molecule has 4 nitrogen and oxygen atoms in total. The Morgan fingerprint density at radius 1 is 0.541 bits per heavy atom. The van der Waals surface area contributed by atoms with Gasteiger partial charge in [-0.2, -0.15) is 0 Å². The molecule has 0 aromatic heterocycles. The zero-order valence-corrected chi connectivity index (χ0v) is 25.2. The van der Waals surface area contributed by atoms with Crippen LogP contribution in [0.2, 0.25) is 0 Å². The van der Waals surface area contributed by atoms with Crippen molar-refractivity contribution in [2.24, 2.45) is 0 Å². The summed E-state index contributed by atoms with van der Waals surface area (Å²) in [5.74, 6) is -0.351. The SMILES string of the molecule is CCCCCCCCCCCCCCCCCCCCCC(OCCCCCCCC)C(=O)C(O)CO. The number of ether oxygens (including phenoxy) is 1. The summed E-state index contributed by atoms with van der Waals surface area (Å²) < 4.78 is 5.85. The van der Waals surface area contributed by atoms with Crippen molar-refractivity contribution in [2.75, 3.05) is 13.2 Å². The molecule has 2 unspecified atom stereocenters. The van der Waals surface area contributed by atoms with Crippen LogP contribution in [0.4, 0.5) is 0 Å². The van der Waals surface area contributed by atoms with E-state index in [1.807, 2.05) is 0 Å². The van der Waals surface area contributed by atoms with Gasteiger partial charge in [-0.3, -0.25) is 4.79 Å². The van der Waals surface area contributed by atoms with Gasteiger partial charge in [0.1, 0.15) is 12.2 Å². The highest BCUT2D eigenvalue weighted by Crippen LogP contribution is 2.16. The third-order valence-corrected chi connectivity index (χ3v) is 7.71. The Kier molecular flexibility index (Phi) is 29.7. The second kappa shape index (κ2) is 30.1. The van der Waals surface area contributed by atoms with Crippen molar-refractivity contribution in [1.82, 2.24) is 0 Å². The first-order valence-corrected chi connectivity index (χ1v) is 16.6. The molecule has 0 saturated carbocycles. The molecule has 0 spiro atoms. The van der Waals surface area contributed by atoms with Crippen LogP contribution in [0, 0.1) is 0 Å². The molecule has 0 saturated heterocycles. The van der Waals surface area contributed by atoms with Crippen molar-refractivity contribution in [3.63, 3.8) is 0 Å². The quantitative estimate of drug-likeness (QED) is 0.0883. The maximum absolute atomic E-state index is 12.4. The summed E-state index contributed by atoms with van der Waals surface area (Å²) in [6.45, 7) is 4.55. The highest BCUT2D eigenvalue weighted by molar-refractivity contribution is 5.87. The number of hydrogen-bond donors (Lipinski definition) is 2. The molecule has 222 valence electrons. The number of rotatable bonds is 31. The van der Waals surface area contributed by atoms with Gasteiger partial charge in [-0.1, -0.05) is 168 Å². The number of carbonyl (C=O) groups is 1. The largest absolute Gasteiger partial charge is 0.393 e. The molecule has 0 radical (unpaired) electrons. The average molecular weight is 527 g/mol. The zero-order chi connectivity index (χ0) is 27.2. The molecule has 0 aliphatic heterocycles. The van der Waals surface area contributed by atoms with Crippen LogP contribution in [0.15, 0.2) is 0 Å². The average Bonchev–Trinajstić information content (AvgIpc) is 2.91. The van der Waals surface area contributed by atoms with Crippen molar-refractivity contribution >= 4 is 5.78 Å². The molecule has 0 aliphatic rings. The number of hydrogen-bond acceptors (Lipinski definition) is 4. The van der Waals surface area contributed by atoms with E-state index in [0.717, 1.165) is 25.7 Å². The lowest BCUT2D eigenvalue weighted by atomic mass is 10.0. The predicted molar refractivity (Wildman–Crippen MR) is 159 cm³/mol. The number of unbranched alkanes of at least 4 members (excludes halogenated alkanes) is 23. The molecule has 0 fully saturated rings. The highest BCUT2D eigenvalue weighted by Gasteiger charge is 2.25. The molecule has 0 heterocycles. The standard InChI is InChI=1S/C33H66O4/c1-3-5-7-9-11-12-13-14-15-16-17-18-19-20-21-22-23-24-26-28-32(33(36)31(35)30-34)37-29-27-25-10-8-6-4-2/h31-32,34-35H,3-30H2,1-2H3. The summed E-state index contributed by atoms with van der Waals surface area (Å²) in [4.78, 5) is 12.4. The minimum atomic E-state index is -1.31. The Hall–Kier alpha value is -0.450.